The maximum absolute atomic E-state index is 13.2. The Balaban J connectivity index is 1.56. The summed E-state index contributed by atoms with van der Waals surface area (Å²) in [5, 5.41) is 3.01. The van der Waals surface area contributed by atoms with Gasteiger partial charge in [0, 0.05) is 42.2 Å². The van der Waals surface area contributed by atoms with Crippen molar-refractivity contribution in [2.75, 3.05) is 23.3 Å². The standard InChI is InChI=1S/C27H30N4O3/c1-18-13-22(14-19(2)25(18)34-17-20-7-6-10-29-16-20)27(33)30-23-15-21(26(28)32)8-9-24(23)31-11-4-3-5-12-31/h6-10,13-16H,3-5,11-12,17H2,1-2H3,(H2,28,32)(H,30,33). The van der Waals surface area contributed by atoms with Crippen molar-refractivity contribution >= 4 is 23.2 Å². The molecule has 1 fully saturated rings. The van der Waals surface area contributed by atoms with Gasteiger partial charge >= 0.3 is 0 Å². The van der Waals surface area contributed by atoms with Crippen LogP contribution < -0.4 is 20.7 Å². The van der Waals surface area contributed by atoms with Gasteiger partial charge in [-0.3, -0.25) is 14.6 Å². The highest BCUT2D eigenvalue weighted by atomic mass is 16.5. The van der Waals surface area contributed by atoms with E-state index in [4.69, 9.17) is 10.5 Å². The van der Waals surface area contributed by atoms with Crippen molar-refractivity contribution in [2.45, 2.75) is 39.7 Å². The molecule has 3 N–H and O–H groups in total. The number of hydrogen-bond acceptors (Lipinski definition) is 5. The fraction of sp³-hybridized carbons (Fsp3) is 0.296. The predicted molar refractivity (Wildman–Crippen MR) is 133 cm³/mol. The van der Waals surface area contributed by atoms with Crippen LogP contribution in [0.1, 0.15) is 56.7 Å². The zero-order valence-corrected chi connectivity index (χ0v) is 19.6. The van der Waals surface area contributed by atoms with Crippen molar-refractivity contribution < 1.29 is 14.3 Å². The number of aryl methyl sites for hydroxylation is 2. The molecule has 0 aliphatic carbocycles. The Morgan fingerprint density at radius 2 is 1.76 bits per heavy atom. The summed E-state index contributed by atoms with van der Waals surface area (Å²) in [5.74, 6) is -0.0162. The highest BCUT2D eigenvalue weighted by Crippen LogP contribution is 2.31. The highest BCUT2D eigenvalue weighted by molar-refractivity contribution is 6.07. The lowest BCUT2D eigenvalue weighted by Crippen LogP contribution is -2.30. The number of ether oxygens (including phenoxy) is 1. The molecule has 1 aliphatic rings. The van der Waals surface area contributed by atoms with Crippen molar-refractivity contribution in [3.63, 3.8) is 0 Å². The van der Waals surface area contributed by atoms with E-state index < -0.39 is 5.91 Å². The van der Waals surface area contributed by atoms with Crippen molar-refractivity contribution in [1.29, 1.82) is 0 Å². The molecule has 2 heterocycles. The van der Waals surface area contributed by atoms with E-state index in [9.17, 15) is 9.59 Å². The van der Waals surface area contributed by atoms with Gasteiger partial charge in [0.25, 0.3) is 5.91 Å². The Kier molecular flexibility index (Phi) is 7.11. The SMILES string of the molecule is Cc1cc(C(=O)Nc2cc(C(N)=O)ccc2N2CCCCC2)cc(C)c1OCc1cccnc1. The van der Waals surface area contributed by atoms with Gasteiger partial charge in [0.2, 0.25) is 5.91 Å². The largest absolute Gasteiger partial charge is 0.488 e. The van der Waals surface area contributed by atoms with Gasteiger partial charge in [0.1, 0.15) is 12.4 Å². The van der Waals surface area contributed by atoms with E-state index in [1.807, 2.05) is 44.2 Å². The van der Waals surface area contributed by atoms with Gasteiger partial charge in [-0.15, -0.1) is 0 Å². The van der Waals surface area contributed by atoms with Crippen LogP contribution >= 0.6 is 0 Å². The lowest BCUT2D eigenvalue weighted by molar-refractivity contribution is 0.0996. The maximum atomic E-state index is 13.2. The van der Waals surface area contributed by atoms with E-state index in [0.29, 0.717) is 23.4 Å². The van der Waals surface area contributed by atoms with Crippen LogP contribution in [0.4, 0.5) is 11.4 Å². The normalized spacial score (nSPS) is 13.4. The molecule has 7 heteroatoms. The van der Waals surface area contributed by atoms with Gasteiger partial charge in [-0.2, -0.15) is 0 Å². The molecule has 0 unspecified atom stereocenters. The second-order valence-corrected chi connectivity index (χ2v) is 8.69. The molecule has 3 aromatic rings. The number of benzene rings is 2. The van der Waals surface area contributed by atoms with Crippen molar-refractivity contribution in [2.24, 2.45) is 5.73 Å². The number of hydrogen-bond donors (Lipinski definition) is 2. The number of piperidine rings is 1. The van der Waals surface area contributed by atoms with Crippen LogP contribution in [0, 0.1) is 13.8 Å². The van der Waals surface area contributed by atoms with Gasteiger partial charge in [-0.05, 0) is 80.6 Å². The van der Waals surface area contributed by atoms with Crippen LogP contribution in [-0.4, -0.2) is 29.9 Å². The van der Waals surface area contributed by atoms with Crippen LogP contribution in [0.5, 0.6) is 5.75 Å². The molecule has 0 spiro atoms. The topological polar surface area (TPSA) is 97.5 Å². The molecule has 34 heavy (non-hydrogen) atoms. The Morgan fingerprint density at radius 1 is 1.03 bits per heavy atom. The third kappa shape index (κ3) is 5.36. The monoisotopic (exact) mass is 458 g/mol. The molecule has 2 aromatic carbocycles. The number of pyridine rings is 1. The van der Waals surface area contributed by atoms with Crippen LogP contribution in [0.25, 0.3) is 0 Å². The lowest BCUT2D eigenvalue weighted by atomic mass is 10.0. The van der Waals surface area contributed by atoms with Crippen molar-refractivity contribution in [3.8, 4) is 5.75 Å². The lowest BCUT2D eigenvalue weighted by Gasteiger charge is -2.30. The van der Waals surface area contributed by atoms with E-state index in [1.54, 1.807) is 24.5 Å². The summed E-state index contributed by atoms with van der Waals surface area (Å²) in [7, 11) is 0. The number of nitrogens with two attached hydrogens (primary N) is 1. The number of nitrogens with one attached hydrogen (secondary N) is 1. The van der Waals surface area contributed by atoms with E-state index in [2.05, 4.69) is 15.2 Å². The second kappa shape index (κ2) is 10.4. The number of amides is 2. The van der Waals surface area contributed by atoms with E-state index in [1.165, 1.54) is 6.42 Å². The minimum Gasteiger partial charge on any atom is -0.488 e. The summed E-state index contributed by atoms with van der Waals surface area (Å²) in [4.78, 5) is 31.4. The predicted octanol–water partition coefficient (Wildman–Crippen LogP) is 4.62. The molecule has 1 aliphatic heterocycles. The van der Waals surface area contributed by atoms with E-state index in [0.717, 1.165) is 54.1 Å². The van der Waals surface area contributed by atoms with Crippen LogP contribution in [0.15, 0.2) is 54.9 Å². The van der Waals surface area contributed by atoms with Crippen LogP contribution in [0.2, 0.25) is 0 Å². The Labute approximate surface area is 199 Å². The first-order chi connectivity index (χ1) is 16.4. The van der Waals surface area contributed by atoms with Gasteiger partial charge < -0.3 is 20.7 Å². The molecule has 4 rings (SSSR count). The second-order valence-electron chi connectivity index (χ2n) is 8.69. The number of carbonyl (C=O) groups is 2. The summed E-state index contributed by atoms with van der Waals surface area (Å²) in [6.07, 6.45) is 6.90. The molecule has 0 saturated carbocycles. The third-order valence-corrected chi connectivity index (χ3v) is 6.05. The smallest absolute Gasteiger partial charge is 0.255 e. The minimum atomic E-state index is -0.525. The number of rotatable bonds is 7. The first-order valence-electron chi connectivity index (χ1n) is 11.6. The first-order valence-corrected chi connectivity index (χ1v) is 11.6. The zero-order valence-electron chi connectivity index (χ0n) is 19.6. The van der Waals surface area contributed by atoms with Crippen molar-refractivity contribution in [1.82, 2.24) is 4.98 Å². The quantitative estimate of drug-likeness (QED) is 0.538. The van der Waals surface area contributed by atoms with Gasteiger partial charge in [-0.1, -0.05) is 6.07 Å². The number of primary amides is 1. The summed E-state index contributed by atoms with van der Waals surface area (Å²) in [5.41, 5.74) is 10.6. The average molecular weight is 459 g/mol. The zero-order chi connectivity index (χ0) is 24.1. The van der Waals surface area contributed by atoms with Gasteiger partial charge in [0.05, 0.1) is 11.4 Å². The third-order valence-electron chi connectivity index (χ3n) is 6.05. The Morgan fingerprint density at radius 3 is 2.41 bits per heavy atom. The number of anilines is 2. The summed E-state index contributed by atoms with van der Waals surface area (Å²) < 4.78 is 6.02. The van der Waals surface area contributed by atoms with Crippen LogP contribution in [0.3, 0.4) is 0 Å². The summed E-state index contributed by atoms with van der Waals surface area (Å²) in [6.45, 7) is 6.09. The summed E-state index contributed by atoms with van der Waals surface area (Å²) in [6, 6.07) is 12.7. The minimum absolute atomic E-state index is 0.245. The van der Waals surface area contributed by atoms with E-state index >= 15 is 0 Å². The van der Waals surface area contributed by atoms with Gasteiger partial charge in [-0.25, -0.2) is 0 Å². The molecule has 1 aromatic heterocycles. The number of aromatic nitrogens is 1. The molecule has 0 atom stereocenters. The Bertz CT molecular complexity index is 1160. The molecule has 0 bridgehead atoms. The fourth-order valence-electron chi connectivity index (χ4n) is 4.34. The van der Waals surface area contributed by atoms with Crippen LogP contribution in [-0.2, 0) is 6.61 Å². The van der Waals surface area contributed by atoms with Gasteiger partial charge in [0.15, 0.2) is 0 Å². The molecule has 2 amide bonds. The molecular formula is C27H30N4O3. The maximum Gasteiger partial charge on any atom is 0.255 e. The molecular weight excluding hydrogens is 428 g/mol. The number of nitrogens with zero attached hydrogens (tertiary/aromatic N) is 2. The molecule has 0 radical (unpaired) electrons. The highest BCUT2D eigenvalue weighted by Gasteiger charge is 2.19. The van der Waals surface area contributed by atoms with E-state index in [-0.39, 0.29) is 5.91 Å². The molecule has 176 valence electrons. The summed E-state index contributed by atoms with van der Waals surface area (Å²) >= 11 is 0. The fourth-order valence-corrected chi connectivity index (χ4v) is 4.34. The molecule has 7 nitrogen and oxygen atoms in total. The first kappa shape index (κ1) is 23.3. The molecule has 1 saturated heterocycles. The number of carbonyl (C=O) groups excluding carboxylic acids is 2. The van der Waals surface area contributed by atoms with Crippen molar-refractivity contribution in [3.05, 3.63) is 82.7 Å². The Hall–Kier alpha value is -3.87. The average Bonchev–Trinajstić information content (AvgIpc) is 2.84.